The van der Waals surface area contributed by atoms with Crippen LogP contribution in [0.4, 0.5) is 4.79 Å². The van der Waals surface area contributed by atoms with Crippen LogP contribution in [-0.2, 0) is 6.54 Å². The fourth-order valence-corrected chi connectivity index (χ4v) is 2.32. The first kappa shape index (κ1) is 14.4. The van der Waals surface area contributed by atoms with Crippen LogP contribution in [0.15, 0.2) is 24.3 Å². The molecule has 1 aromatic carbocycles. The third-order valence-electron chi connectivity index (χ3n) is 3.51. The number of benzene rings is 1. The summed E-state index contributed by atoms with van der Waals surface area (Å²) in [5.74, 6) is 0. The molecule has 1 aliphatic heterocycles. The molecule has 20 heavy (non-hydrogen) atoms. The van der Waals surface area contributed by atoms with Crippen LogP contribution in [0.5, 0.6) is 0 Å². The molecule has 1 saturated heterocycles. The van der Waals surface area contributed by atoms with E-state index in [0.717, 1.165) is 32.7 Å². The van der Waals surface area contributed by atoms with Crippen LogP contribution in [0.1, 0.15) is 11.1 Å². The van der Waals surface area contributed by atoms with Crippen molar-refractivity contribution in [2.75, 3.05) is 40.3 Å². The number of urea groups is 1. The number of hydrogen-bond acceptors (Lipinski definition) is 3. The van der Waals surface area contributed by atoms with Crippen molar-refractivity contribution in [3.05, 3.63) is 35.4 Å². The summed E-state index contributed by atoms with van der Waals surface area (Å²) in [4.78, 5) is 17.7. The van der Waals surface area contributed by atoms with Gasteiger partial charge in [-0.2, -0.15) is 5.26 Å². The Bertz CT molecular complexity index is 496. The summed E-state index contributed by atoms with van der Waals surface area (Å²) in [5, 5.41) is 8.77. The quantitative estimate of drug-likeness (QED) is 0.816. The molecule has 0 unspecified atom stereocenters. The lowest BCUT2D eigenvalue weighted by molar-refractivity contribution is 0.120. The predicted molar refractivity (Wildman–Crippen MR) is 77.1 cm³/mol. The fraction of sp³-hybridized carbons (Fsp3) is 0.467. The average Bonchev–Trinajstić information content (AvgIpc) is 2.48. The Hall–Kier alpha value is -2.06. The van der Waals surface area contributed by atoms with E-state index < -0.39 is 0 Å². The third-order valence-corrected chi connectivity index (χ3v) is 3.51. The zero-order chi connectivity index (χ0) is 14.5. The van der Waals surface area contributed by atoms with Crippen molar-refractivity contribution in [2.24, 2.45) is 0 Å². The van der Waals surface area contributed by atoms with Crippen LogP contribution >= 0.6 is 0 Å². The first-order chi connectivity index (χ1) is 9.60. The summed E-state index contributed by atoms with van der Waals surface area (Å²) in [6.45, 7) is 4.19. The molecule has 2 rings (SSSR count). The number of carbonyl (C=O) groups excluding carboxylic acids is 1. The van der Waals surface area contributed by atoms with Crippen LogP contribution in [0.2, 0.25) is 0 Å². The van der Waals surface area contributed by atoms with Gasteiger partial charge in [0, 0.05) is 46.8 Å². The number of amides is 2. The lowest BCUT2D eigenvalue weighted by Gasteiger charge is -2.35. The monoisotopic (exact) mass is 272 g/mol. The van der Waals surface area contributed by atoms with Crippen molar-refractivity contribution in [3.8, 4) is 6.07 Å². The van der Waals surface area contributed by atoms with Crippen LogP contribution in [0, 0.1) is 11.3 Å². The third kappa shape index (κ3) is 3.49. The van der Waals surface area contributed by atoms with Gasteiger partial charge in [0.15, 0.2) is 0 Å². The van der Waals surface area contributed by atoms with E-state index in [1.807, 2.05) is 29.2 Å². The Morgan fingerprint density at radius 2 is 1.80 bits per heavy atom. The smallest absolute Gasteiger partial charge is 0.319 e. The van der Waals surface area contributed by atoms with Crippen LogP contribution in [0.3, 0.4) is 0 Å². The summed E-state index contributed by atoms with van der Waals surface area (Å²) >= 11 is 0. The zero-order valence-corrected chi connectivity index (χ0v) is 12.0. The van der Waals surface area contributed by atoms with E-state index >= 15 is 0 Å². The van der Waals surface area contributed by atoms with Gasteiger partial charge in [-0.3, -0.25) is 4.90 Å². The van der Waals surface area contributed by atoms with Gasteiger partial charge in [0.2, 0.25) is 0 Å². The van der Waals surface area contributed by atoms with Crippen molar-refractivity contribution in [1.29, 1.82) is 5.26 Å². The molecular formula is C15H20N4O. The van der Waals surface area contributed by atoms with Gasteiger partial charge in [-0.15, -0.1) is 0 Å². The average molecular weight is 272 g/mol. The Morgan fingerprint density at radius 1 is 1.20 bits per heavy atom. The summed E-state index contributed by atoms with van der Waals surface area (Å²) in [6, 6.07) is 9.90. The molecule has 1 aliphatic rings. The number of piperazine rings is 1. The molecule has 2 amide bonds. The van der Waals surface area contributed by atoms with Gasteiger partial charge in [-0.25, -0.2) is 4.79 Å². The number of carbonyl (C=O) groups is 1. The van der Waals surface area contributed by atoms with Crippen molar-refractivity contribution < 1.29 is 4.79 Å². The van der Waals surface area contributed by atoms with Gasteiger partial charge in [-0.05, 0) is 17.7 Å². The summed E-state index contributed by atoms with van der Waals surface area (Å²) in [7, 11) is 3.57. The number of rotatable bonds is 2. The molecule has 0 radical (unpaired) electrons. The highest BCUT2D eigenvalue weighted by molar-refractivity contribution is 5.73. The summed E-state index contributed by atoms with van der Waals surface area (Å²) in [6.07, 6.45) is 0. The lowest BCUT2D eigenvalue weighted by atomic mass is 10.1. The van der Waals surface area contributed by atoms with E-state index in [-0.39, 0.29) is 6.03 Å². The van der Waals surface area contributed by atoms with Gasteiger partial charge < -0.3 is 9.80 Å². The molecule has 106 valence electrons. The van der Waals surface area contributed by atoms with Crippen molar-refractivity contribution in [3.63, 3.8) is 0 Å². The molecule has 0 aliphatic carbocycles. The van der Waals surface area contributed by atoms with Crippen molar-refractivity contribution in [2.45, 2.75) is 6.54 Å². The van der Waals surface area contributed by atoms with Gasteiger partial charge in [0.1, 0.15) is 0 Å². The van der Waals surface area contributed by atoms with Crippen LogP contribution in [0.25, 0.3) is 0 Å². The van der Waals surface area contributed by atoms with E-state index in [1.165, 1.54) is 5.56 Å². The normalized spacial score (nSPS) is 15.8. The maximum atomic E-state index is 11.8. The number of hydrogen-bond donors (Lipinski definition) is 0. The largest absolute Gasteiger partial charge is 0.331 e. The first-order valence-electron chi connectivity index (χ1n) is 6.78. The standard InChI is InChI=1S/C15H20N4O/c1-17(2)15(20)19-9-7-18(8-10-19)12-14-5-3-13(11-16)4-6-14/h3-6H,7-10,12H2,1-2H3. The molecule has 0 aromatic heterocycles. The van der Waals surface area contributed by atoms with Crippen molar-refractivity contribution >= 4 is 6.03 Å². The molecular weight excluding hydrogens is 252 g/mol. The molecule has 0 saturated carbocycles. The molecule has 0 atom stereocenters. The topological polar surface area (TPSA) is 50.6 Å². The first-order valence-corrected chi connectivity index (χ1v) is 6.78. The lowest BCUT2D eigenvalue weighted by Crippen LogP contribution is -2.51. The van der Waals surface area contributed by atoms with Gasteiger partial charge in [0.25, 0.3) is 0 Å². The highest BCUT2D eigenvalue weighted by atomic mass is 16.2. The molecule has 1 aromatic rings. The minimum Gasteiger partial charge on any atom is -0.331 e. The van der Waals surface area contributed by atoms with E-state index in [2.05, 4.69) is 11.0 Å². The van der Waals surface area contributed by atoms with Crippen LogP contribution < -0.4 is 0 Å². The van der Waals surface area contributed by atoms with Crippen LogP contribution in [-0.4, -0.2) is 61.0 Å². The SMILES string of the molecule is CN(C)C(=O)N1CCN(Cc2ccc(C#N)cc2)CC1. The van der Waals surface area contributed by atoms with Gasteiger partial charge in [0.05, 0.1) is 11.6 Å². The summed E-state index contributed by atoms with van der Waals surface area (Å²) < 4.78 is 0. The van der Waals surface area contributed by atoms with E-state index in [0.29, 0.717) is 5.56 Å². The van der Waals surface area contributed by atoms with E-state index in [9.17, 15) is 4.79 Å². The Kier molecular flexibility index (Phi) is 4.59. The maximum Gasteiger partial charge on any atom is 0.319 e. The van der Waals surface area contributed by atoms with Gasteiger partial charge in [-0.1, -0.05) is 12.1 Å². The molecule has 0 spiro atoms. The van der Waals surface area contributed by atoms with Crippen molar-refractivity contribution in [1.82, 2.24) is 14.7 Å². The highest BCUT2D eigenvalue weighted by Crippen LogP contribution is 2.10. The Labute approximate surface area is 120 Å². The molecule has 0 N–H and O–H groups in total. The second-order valence-corrected chi connectivity index (χ2v) is 5.25. The Morgan fingerprint density at radius 3 is 2.30 bits per heavy atom. The second kappa shape index (κ2) is 6.40. The highest BCUT2D eigenvalue weighted by Gasteiger charge is 2.21. The predicted octanol–water partition coefficient (Wildman–Crippen LogP) is 1.36. The fourth-order valence-electron chi connectivity index (χ4n) is 2.32. The van der Waals surface area contributed by atoms with Gasteiger partial charge >= 0.3 is 6.03 Å². The summed E-state index contributed by atoms with van der Waals surface area (Å²) in [5.41, 5.74) is 1.89. The molecule has 1 heterocycles. The maximum absolute atomic E-state index is 11.8. The van der Waals surface area contributed by atoms with E-state index in [1.54, 1.807) is 19.0 Å². The minimum absolute atomic E-state index is 0.0861. The zero-order valence-electron chi connectivity index (χ0n) is 12.0. The molecule has 1 fully saturated rings. The Balaban J connectivity index is 1.85. The molecule has 5 nitrogen and oxygen atoms in total. The number of nitrogens with zero attached hydrogens (tertiary/aromatic N) is 4. The second-order valence-electron chi connectivity index (χ2n) is 5.25. The number of nitriles is 1. The molecule has 0 bridgehead atoms. The molecule has 5 heteroatoms. The van der Waals surface area contributed by atoms with E-state index in [4.69, 9.17) is 5.26 Å². The minimum atomic E-state index is 0.0861.